The third kappa shape index (κ3) is 4.28. The number of benzene rings is 1. The summed E-state index contributed by atoms with van der Waals surface area (Å²) in [6.07, 6.45) is 2.33. The number of aromatic nitrogens is 1. The number of pyridine rings is 1. The number of sulfone groups is 1. The number of anilines is 1. The zero-order valence-electron chi connectivity index (χ0n) is 13.8. The Hall–Kier alpha value is -2.26. The van der Waals surface area contributed by atoms with Crippen molar-refractivity contribution < 1.29 is 26.7 Å². The lowest BCUT2D eigenvalue weighted by Gasteiger charge is -2.14. The molecule has 1 atom stereocenters. The SMILES string of the molecule is O=S(=O)(c1ccccc1NCc1ccnc(OC2CCOC2)c1)C(F)F. The van der Waals surface area contributed by atoms with E-state index in [2.05, 4.69) is 10.3 Å². The molecule has 0 saturated carbocycles. The van der Waals surface area contributed by atoms with Gasteiger partial charge in [-0.2, -0.15) is 8.78 Å². The highest BCUT2D eigenvalue weighted by Gasteiger charge is 2.28. The number of para-hydroxylation sites is 1. The van der Waals surface area contributed by atoms with Gasteiger partial charge in [-0.15, -0.1) is 0 Å². The van der Waals surface area contributed by atoms with Crippen molar-refractivity contribution in [3.63, 3.8) is 0 Å². The van der Waals surface area contributed by atoms with E-state index in [9.17, 15) is 17.2 Å². The first-order valence-electron chi connectivity index (χ1n) is 8.01. The molecule has 0 bridgehead atoms. The van der Waals surface area contributed by atoms with Gasteiger partial charge >= 0.3 is 5.76 Å². The Balaban J connectivity index is 1.72. The first kappa shape index (κ1) is 18.5. The van der Waals surface area contributed by atoms with E-state index in [1.54, 1.807) is 24.4 Å². The Morgan fingerprint density at radius 1 is 1.31 bits per heavy atom. The van der Waals surface area contributed by atoms with Gasteiger partial charge in [0.2, 0.25) is 15.7 Å². The Labute approximate surface area is 150 Å². The van der Waals surface area contributed by atoms with Gasteiger partial charge in [0.15, 0.2) is 0 Å². The molecular formula is C17H18F2N2O4S. The Kier molecular flexibility index (Phi) is 5.67. The van der Waals surface area contributed by atoms with Gasteiger partial charge in [-0.25, -0.2) is 13.4 Å². The topological polar surface area (TPSA) is 77.5 Å². The van der Waals surface area contributed by atoms with Crippen molar-refractivity contribution in [3.05, 3.63) is 48.2 Å². The van der Waals surface area contributed by atoms with Crippen molar-refractivity contribution in [2.24, 2.45) is 0 Å². The highest BCUT2D eigenvalue weighted by atomic mass is 32.2. The summed E-state index contributed by atoms with van der Waals surface area (Å²) in [5.74, 6) is -3.03. The second kappa shape index (κ2) is 7.96. The normalized spacial score (nSPS) is 17.4. The van der Waals surface area contributed by atoms with Gasteiger partial charge in [-0.05, 0) is 23.8 Å². The molecule has 0 amide bonds. The van der Waals surface area contributed by atoms with Crippen molar-refractivity contribution in [2.75, 3.05) is 18.5 Å². The summed E-state index contributed by atoms with van der Waals surface area (Å²) in [6, 6.07) is 9.04. The molecule has 1 aromatic carbocycles. The molecule has 140 valence electrons. The quantitative estimate of drug-likeness (QED) is 0.791. The summed E-state index contributed by atoms with van der Waals surface area (Å²) in [5.41, 5.74) is 0.898. The maximum absolute atomic E-state index is 12.8. The van der Waals surface area contributed by atoms with Gasteiger partial charge in [-0.3, -0.25) is 0 Å². The minimum Gasteiger partial charge on any atom is -0.472 e. The van der Waals surface area contributed by atoms with E-state index in [1.165, 1.54) is 12.1 Å². The van der Waals surface area contributed by atoms with Gasteiger partial charge in [0.1, 0.15) is 6.10 Å². The number of ether oxygens (including phenoxy) is 2. The lowest BCUT2D eigenvalue weighted by molar-refractivity contribution is 0.138. The minimum absolute atomic E-state index is 0.0392. The number of hydrogen-bond donors (Lipinski definition) is 1. The average molecular weight is 384 g/mol. The second-order valence-corrected chi connectivity index (χ2v) is 7.65. The van der Waals surface area contributed by atoms with E-state index >= 15 is 0 Å². The molecule has 1 aliphatic heterocycles. The van der Waals surface area contributed by atoms with Crippen LogP contribution in [-0.4, -0.2) is 38.5 Å². The minimum atomic E-state index is -4.68. The van der Waals surface area contributed by atoms with Crippen LogP contribution in [0.5, 0.6) is 5.88 Å². The third-order valence-corrected chi connectivity index (χ3v) is 5.32. The summed E-state index contributed by atoms with van der Waals surface area (Å²) < 4.78 is 60.2. The summed E-state index contributed by atoms with van der Waals surface area (Å²) in [5, 5.41) is 2.89. The third-order valence-electron chi connectivity index (χ3n) is 3.89. The summed E-state index contributed by atoms with van der Waals surface area (Å²) in [7, 11) is -4.68. The highest BCUT2D eigenvalue weighted by Crippen LogP contribution is 2.26. The summed E-state index contributed by atoms with van der Waals surface area (Å²) in [6.45, 7) is 1.40. The molecule has 6 nitrogen and oxygen atoms in total. The standard InChI is InChI=1S/C17H18F2N2O4S/c18-17(19)26(22,23)15-4-2-1-3-14(15)21-10-12-5-7-20-16(9-12)25-13-6-8-24-11-13/h1-5,7,9,13,17,21H,6,8,10-11H2. The van der Waals surface area contributed by atoms with Crippen LogP contribution < -0.4 is 10.1 Å². The molecule has 2 aromatic rings. The predicted molar refractivity (Wildman–Crippen MR) is 91.0 cm³/mol. The zero-order valence-corrected chi connectivity index (χ0v) is 14.6. The number of rotatable bonds is 7. The fourth-order valence-corrected chi connectivity index (χ4v) is 3.46. The number of nitrogens with one attached hydrogen (secondary N) is 1. The first-order chi connectivity index (χ1) is 12.5. The van der Waals surface area contributed by atoms with E-state index < -0.39 is 20.5 Å². The monoisotopic (exact) mass is 384 g/mol. The molecular weight excluding hydrogens is 366 g/mol. The lowest BCUT2D eigenvalue weighted by Crippen LogP contribution is -2.16. The largest absolute Gasteiger partial charge is 0.472 e. The molecule has 2 heterocycles. The molecule has 0 aliphatic carbocycles. The number of alkyl halides is 2. The molecule has 0 spiro atoms. The first-order valence-corrected chi connectivity index (χ1v) is 9.56. The molecule has 1 aliphatic rings. The van der Waals surface area contributed by atoms with E-state index in [1.807, 2.05) is 0 Å². The van der Waals surface area contributed by atoms with Crippen LogP contribution in [0.3, 0.4) is 0 Å². The highest BCUT2D eigenvalue weighted by molar-refractivity contribution is 7.91. The predicted octanol–water partition coefficient (Wildman–Crippen LogP) is 2.86. The van der Waals surface area contributed by atoms with Gasteiger partial charge < -0.3 is 14.8 Å². The lowest BCUT2D eigenvalue weighted by atomic mass is 10.2. The van der Waals surface area contributed by atoms with Crippen LogP contribution >= 0.6 is 0 Å². The number of nitrogens with zero attached hydrogens (tertiary/aromatic N) is 1. The molecule has 26 heavy (non-hydrogen) atoms. The van der Waals surface area contributed by atoms with Crippen LogP contribution in [0.1, 0.15) is 12.0 Å². The Morgan fingerprint density at radius 3 is 2.85 bits per heavy atom. The van der Waals surface area contributed by atoms with Crippen LogP contribution in [0.2, 0.25) is 0 Å². The second-order valence-electron chi connectivity index (χ2n) is 5.76. The number of hydrogen-bond acceptors (Lipinski definition) is 6. The fourth-order valence-electron chi connectivity index (χ4n) is 2.56. The maximum Gasteiger partial charge on any atom is 0.341 e. The fraction of sp³-hybridized carbons (Fsp3) is 0.353. The van der Waals surface area contributed by atoms with Crippen LogP contribution in [0.25, 0.3) is 0 Å². The molecule has 3 rings (SSSR count). The Morgan fingerprint density at radius 2 is 2.12 bits per heavy atom. The van der Waals surface area contributed by atoms with E-state index in [0.717, 1.165) is 18.1 Å². The van der Waals surface area contributed by atoms with Crippen LogP contribution in [0.4, 0.5) is 14.5 Å². The van der Waals surface area contributed by atoms with Crippen molar-refractivity contribution in [3.8, 4) is 5.88 Å². The van der Waals surface area contributed by atoms with Crippen LogP contribution in [0, 0.1) is 0 Å². The van der Waals surface area contributed by atoms with Crippen molar-refractivity contribution in [1.82, 2.24) is 4.98 Å². The van der Waals surface area contributed by atoms with E-state index in [4.69, 9.17) is 9.47 Å². The maximum atomic E-state index is 12.8. The molecule has 9 heteroatoms. The average Bonchev–Trinajstić information content (AvgIpc) is 3.13. The molecule has 1 fully saturated rings. The van der Waals surface area contributed by atoms with Crippen molar-refractivity contribution in [2.45, 2.75) is 29.7 Å². The van der Waals surface area contributed by atoms with Crippen molar-refractivity contribution in [1.29, 1.82) is 0 Å². The molecule has 1 saturated heterocycles. The number of halogens is 2. The smallest absolute Gasteiger partial charge is 0.341 e. The molecule has 1 aromatic heterocycles. The van der Waals surface area contributed by atoms with E-state index in [0.29, 0.717) is 19.1 Å². The van der Waals surface area contributed by atoms with Gasteiger partial charge in [0.25, 0.3) is 0 Å². The van der Waals surface area contributed by atoms with Gasteiger partial charge in [0, 0.05) is 25.2 Å². The van der Waals surface area contributed by atoms with Gasteiger partial charge in [0.05, 0.1) is 23.8 Å². The molecule has 1 N–H and O–H groups in total. The van der Waals surface area contributed by atoms with Gasteiger partial charge in [-0.1, -0.05) is 12.1 Å². The Bertz CT molecular complexity index is 855. The van der Waals surface area contributed by atoms with Crippen LogP contribution in [0.15, 0.2) is 47.5 Å². The van der Waals surface area contributed by atoms with Crippen molar-refractivity contribution >= 4 is 15.5 Å². The zero-order chi connectivity index (χ0) is 18.6. The summed E-state index contributed by atoms with van der Waals surface area (Å²) >= 11 is 0. The van der Waals surface area contributed by atoms with E-state index in [-0.39, 0.29) is 18.3 Å². The summed E-state index contributed by atoms with van der Waals surface area (Å²) in [4.78, 5) is 3.71. The molecule has 1 unspecified atom stereocenters. The van der Waals surface area contributed by atoms with Crippen LogP contribution in [-0.2, 0) is 21.1 Å². The molecule has 0 radical (unpaired) electrons.